The number of rotatable bonds is 5. The van der Waals surface area contributed by atoms with Crippen molar-refractivity contribution < 1.29 is 27.5 Å². The number of thiazole rings is 1. The Morgan fingerprint density at radius 1 is 1.07 bits per heavy atom. The Labute approximate surface area is 161 Å². The van der Waals surface area contributed by atoms with Crippen LogP contribution in [0.25, 0.3) is 11.3 Å². The lowest BCUT2D eigenvalue weighted by molar-refractivity contribution is -0.123. The van der Waals surface area contributed by atoms with Crippen LogP contribution in [0.15, 0.2) is 47.8 Å². The van der Waals surface area contributed by atoms with Crippen LogP contribution >= 0.6 is 11.3 Å². The number of benzene rings is 2. The molecule has 0 saturated heterocycles. The molecule has 0 aliphatic heterocycles. The number of hydrogen-bond donors (Lipinski definition) is 1. The van der Waals surface area contributed by atoms with Crippen LogP contribution in [0.4, 0.5) is 18.3 Å². The van der Waals surface area contributed by atoms with Gasteiger partial charge in [0.15, 0.2) is 22.9 Å². The minimum atomic E-state index is -1.13. The van der Waals surface area contributed by atoms with Gasteiger partial charge in [-0.1, -0.05) is 0 Å². The molecule has 28 heavy (non-hydrogen) atoms. The van der Waals surface area contributed by atoms with Gasteiger partial charge in [-0.2, -0.15) is 0 Å². The van der Waals surface area contributed by atoms with Gasteiger partial charge in [-0.25, -0.2) is 22.9 Å². The van der Waals surface area contributed by atoms with E-state index in [1.807, 2.05) is 0 Å². The van der Waals surface area contributed by atoms with Gasteiger partial charge in [0, 0.05) is 10.9 Å². The second-order valence-corrected chi connectivity index (χ2v) is 6.57. The number of hydrogen-bond acceptors (Lipinski definition) is 5. The average Bonchev–Trinajstić information content (AvgIpc) is 3.12. The molecular weight excluding hydrogens is 393 g/mol. The van der Waals surface area contributed by atoms with Gasteiger partial charge >= 0.3 is 5.97 Å². The number of carbonyl (C=O) groups is 2. The zero-order valence-corrected chi connectivity index (χ0v) is 15.2. The molecule has 0 fully saturated rings. The van der Waals surface area contributed by atoms with E-state index in [-0.39, 0.29) is 10.7 Å². The molecule has 0 radical (unpaired) electrons. The summed E-state index contributed by atoms with van der Waals surface area (Å²) in [4.78, 5) is 28.3. The van der Waals surface area contributed by atoms with E-state index in [9.17, 15) is 22.8 Å². The molecule has 9 heteroatoms. The topological polar surface area (TPSA) is 68.3 Å². The smallest absolute Gasteiger partial charge is 0.338 e. The second kappa shape index (κ2) is 8.22. The highest BCUT2D eigenvalue weighted by atomic mass is 32.1. The lowest BCUT2D eigenvalue weighted by Gasteiger charge is -2.12. The zero-order chi connectivity index (χ0) is 20.3. The van der Waals surface area contributed by atoms with E-state index in [2.05, 4.69) is 10.3 Å². The van der Waals surface area contributed by atoms with E-state index in [4.69, 9.17) is 4.74 Å². The molecule has 0 unspecified atom stereocenters. The molecule has 0 aliphatic rings. The standard InChI is InChI=1S/C19H13F3N2O3S/c1-10(27-18(26)11-2-5-13(20)6-3-11)17(25)24-19-23-16(9-28-19)12-4-7-14(21)15(22)8-12/h2-10H,1H3,(H,23,24,25)/t10-/m1/s1. The summed E-state index contributed by atoms with van der Waals surface area (Å²) >= 11 is 1.08. The summed E-state index contributed by atoms with van der Waals surface area (Å²) < 4.78 is 44.3. The Morgan fingerprint density at radius 3 is 2.46 bits per heavy atom. The Bertz CT molecular complexity index is 1020. The molecule has 0 aliphatic carbocycles. The van der Waals surface area contributed by atoms with Crippen LogP contribution in [0.1, 0.15) is 17.3 Å². The van der Waals surface area contributed by atoms with Crippen molar-refractivity contribution in [1.82, 2.24) is 4.98 Å². The number of amides is 1. The van der Waals surface area contributed by atoms with E-state index < -0.39 is 35.4 Å². The number of nitrogens with one attached hydrogen (secondary N) is 1. The number of nitrogens with zero attached hydrogens (tertiary/aromatic N) is 1. The van der Waals surface area contributed by atoms with Crippen LogP contribution in [-0.4, -0.2) is 23.0 Å². The van der Waals surface area contributed by atoms with Crippen LogP contribution < -0.4 is 5.32 Å². The first-order chi connectivity index (χ1) is 13.3. The van der Waals surface area contributed by atoms with Crippen molar-refractivity contribution in [2.24, 2.45) is 0 Å². The van der Waals surface area contributed by atoms with Gasteiger partial charge in [-0.05, 0) is 49.4 Å². The van der Waals surface area contributed by atoms with E-state index >= 15 is 0 Å². The molecular formula is C19H13F3N2O3S. The fourth-order valence-electron chi connectivity index (χ4n) is 2.19. The van der Waals surface area contributed by atoms with Crippen LogP contribution in [-0.2, 0) is 9.53 Å². The highest BCUT2D eigenvalue weighted by Crippen LogP contribution is 2.26. The van der Waals surface area contributed by atoms with Gasteiger partial charge in [0.25, 0.3) is 5.91 Å². The molecule has 0 bridgehead atoms. The summed E-state index contributed by atoms with van der Waals surface area (Å²) in [5.74, 6) is -3.87. The zero-order valence-electron chi connectivity index (χ0n) is 14.4. The first-order valence-corrected chi connectivity index (χ1v) is 8.90. The van der Waals surface area contributed by atoms with Gasteiger partial charge in [0.05, 0.1) is 11.3 Å². The van der Waals surface area contributed by atoms with Gasteiger partial charge in [-0.3, -0.25) is 10.1 Å². The van der Waals surface area contributed by atoms with Crippen LogP contribution in [0.3, 0.4) is 0 Å². The predicted molar refractivity (Wildman–Crippen MR) is 97.4 cm³/mol. The molecule has 1 atom stereocenters. The van der Waals surface area contributed by atoms with Crippen LogP contribution in [0, 0.1) is 17.5 Å². The molecule has 3 aromatic rings. The maximum atomic E-state index is 13.3. The Morgan fingerprint density at radius 2 is 1.79 bits per heavy atom. The van der Waals surface area contributed by atoms with Gasteiger partial charge in [0.1, 0.15) is 5.82 Å². The normalized spacial score (nSPS) is 11.7. The summed E-state index contributed by atoms with van der Waals surface area (Å²) in [6.07, 6.45) is -1.13. The Hall–Kier alpha value is -3.20. The quantitative estimate of drug-likeness (QED) is 0.638. The number of esters is 1. The molecule has 144 valence electrons. The minimum absolute atomic E-state index is 0.107. The number of carbonyl (C=O) groups excluding carboxylic acids is 2. The molecule has 1 amide bonds. The van der Waals surface area contributed by atoms with Gasteiger partial charge < -0.3 is 4.74 Å². The van der Waals surface area contributed by atoms with Crippen molar-refractivity contribution in [1.29, 1.82) is 0 Å². The summed E-state index contributed by atoms with van der Waals surface area (Å²) in [6, 6.07) is 8.07. The molecule has 1 N–H and O–H groups in total. The molecule has 0 saturated carbocycles. The van der Waals surface area contributed by atoms with E-state index in [0.29, 0.717) is 11.3 Å². The van der Waals surface area contributed by atoms with Crippen LogP contribution in [0.5, 0.6) is 0 Å². The van der Waals surface area contributed by atoms with Crippen LogP contribution in [0.2, 0.25) is 0 Å². The van der Waals surface area contributed by atoms with Crippen molar-refractivity contribution in [3.05, 3.63) is 70.9 Å². The monoisotopic (exact) mass is 406 g/mol. The third-order valence-electron chi connectivity index (χ3n) is 3.68. The predicted octanol–water partition coefficient (Wildman–Crippen LogP) is 4.41. The fourth-order valence-corrected chi connectivity index (χ4v) is 2.92. The first-order valence-electron chi connectivity index (χ1n) is 8.02. The van der Waals surface area contributed by atoms with Crippen molar-refractivity contribution in [3.63, 3.8) is 0 Å². The van der Waals surface area contributed by atoms with Crippen molar-refractivity contribution >= 4 is 28.3 Å². The lowest BCUT2D eigenvalue weighted by Crippen LogP contribution is -2.29. The first kappa shape index (κ1) is 19.6. The third-order valence-corrected chi connectivity index (χ3v) is 4.44. The fraction of sp³-hybridized carbons (Fsp3) is 0.105. The van der Waals surface area contributed by atoms with E-state index in [1.54, 1.807) is 5.38 Å². The SMILES string of the molecule is C[C@@H](OC(=O)c1ccc(F)cc1)C(=O)Nc1nc(-c2ccc(F)c(F)c2)cs1. The van der Waals surface area contributed by atoms with Crippen molar-refractivity contribution in [2.45, 2.75) is 13.0 Å². The highest BCUT2D eigenvalue weighted by molar-refractivity contribution is 7.14. The number of ether oxygens (including phenoxy) is 1. The molecule has 3 rings (SSSR count). The maximum absolute atomic E-state index is 13.3. The summed E-state index contributed by atoms with van der Waals surface area (Å²) in [5, 5.41) is 4.26. The Balaban J connectivity index is 1.62. The maximum Gasteiger partial charge on any atom is 0.338 e. The van der Waals surface area contributed by atoms with Crippen molar-refractivity contribution in [3.8, 4) is 11.3 Å². The van der Waals surface area contributed by atoms with E-state index in [0.717, 1.165) is 35.6 Å². The second-order valence-electron chi connectivity index (χ2n) is 5.71. The summed E-state index contributed by atoms with van der Waals surface area (Å²) in [6.45, 7) is 1.38. The number of halogens is 3. The molecule has 5 nitrogen and oxygen atoms in total. The molecule has 2 aromatic carbocycles. The third kappa shape index (κ3) is 4.55. The number of aromatic nitrogens is 1. The molecule has 1 aromatic heterocycles. The van der Waals surface area contributed by atoms with E-state index in [1.165, 1.54) is 25.1 Å². The largest absolute Gasteiger partial charge is 0.449 e. The molecule has 1 heterocycles. The van der Waals surface area contributed by atoms with Gasteiger partial charge in [-0.15, -0.1) is 11.3 Å². The van der Waals surface area contributed by atoms with Gasteiger partial charge in [0.2, 0.25) is 0 Å². The summed E-state index contributed by atoms with van der Waals surface area (Å²) in [5.41, 5.74) is 0.817. The lowest BCUT2D eigenvalue weighted by atomic mass is 10.2. The summed E-state index contributed by atoms with van der Waals surface area (Å²) in [7, 11) is 0. The minimum Gasteiger partial charge on any atom is -0.449 e. The molecule has 0 spiro atoms. The Kier molecular flexibility index (Phi) is 5.74. The number of anilines is 1. The average molecular weight is 406 g/mol. The highest BCUT2D eigenvalue weighted by Gasteiger charge is 2.20. The van der Waals surface area contributed by atoms with Crippen molar-refractivity contribution in [2.75, 3.05) is 5.32 Å².